The minimum Gasteiger partial charge on any atom is -0.478 e. The first-order chi connectivity index (χ1) is 9.12. The van der Waals surface area contributed by atoms with Crippen molar-refractivity contribution in [2.75, 3.05) is 38.2 Å². The number of hydrogen-bond acceptors (Lipinski definition) is 4. The first-order valence-electron chi connectivity index (χ1n) is 6.33. The number of nitrogens with zero attached hydrogens (tertiary/aromatic N) is 1. The van der Waals surface area contributed by atoms with Crippen LogP contribution in [-0.4, -0.2) is 43.2 Å². The van der Waals surface area contributed by atoms with E-state index in [9.17, 15) is 9.18 Å². The van der Waals surface area contributed by atoms with Crippen LogP contribution in [-0.2, 0) is 0 Å². The minimum absolute atomic E-state index is 0.0758. The van der Waals surface area contributed by atoms with E-state index >= 15 is 0 Å². The van der Waals surface area contributed by atoms with Crippen LogP contribution in [0.3, 0.4) is 0 Å². The van der Waals surface area contributed by atoms with Crippen molar-refractivity contribution in [3.8, 4) is 0 Å². The van der Waals surface area contributed by atoms with Crippen LogP contribution < -0.4 is 11.1 Å². The van der Waals surface area contributed by atoms with E-state index in [1.54, 1.807) is 0 Å². The highest BCUT2D eigenvalue weighted by atomic mass is 19.1. The van der Waals surface area contributed by atoms with E-state index in [0.717, 1.165) is 12.6 Å². The lowest BCUT2D eigenvalue weighted by molar-refractivity contribution is 0.0698. The van der Waals surface area contributed by atoms with Crippen LogP contribution in [0.1, 0.15) is 24.2 Å². The number of carboxylic acid groups (broad SMARTS) is 1. The number of carboxylic acids is 1. The van der Waals surface area contributed by atoms with E-state index in [0.29, 0.717) is 6.54 Å². The van der Waals surface area contributed by atoms with Gasteiger partial charge in [0.25, 0.3) is 0 Å². The van der Waals surface area contributed by atoms with Gasteiger partial charge in [0, 0.05) is 18.8 Å². The maximum absolute atomic E-state index is 13.8. The van der Waals surface area contributed by atoms with Crippen LogP contribution in [0, 0.1) is 11.2 Å². The Morgan fingerprint density at radius 2 is 2.05 bits per heavy atom. The SMILES string of the molecule is CN(C)CC(C)(C)CNc1cc(C(=O)O)c(N)cc1F. The Morgan fingerprint density at radius 3 is 2.55 bits per heavy atom. The quantitative estimate of drug-likeness (QED) is 0.697. The maximum atomic E-state index is 13.8. The third-order valence-electron chi connectivity index (χ3n) is 2.87. The molecular formula is C14H22FN3O2. The van der Waals surface area contributed by atoms with Crippen LogP contribution in [0.4, 0.5) is 15.8 Å². The zero-order chi connectivity index (χ0) is 15.5. The van der Waals surface area contributed by atoms with Crippen molar-refractivity contribution in [2.45, 2.75) is 13.8 Å². The molecule has 0 fully saturated rings. The van der Waals surface area contributed by atoms with Crippen molar-refractivity contribution < 1.29 is 14.3 Å². The molecule has 0 saturated carbocycles. The molecule has 0 aliphatic carbocycles. The Balaban J connectivity index is 2.88. The summed E-state index contributed by atoms with van der Waals surface area (Å²) in [7, 11) is 3.93. The predicted molar refractivity (Wildman–Crippen MR) is 78.6 cm³/mol. The van der Waals surface area contributed by atoms with Crippen LogP contribution in [0.2, 0.25) is 0 Å². The number of rotatable bonds is 6. The fourth-order valence-corrected chi connectivity index (χ4v) is 2.16. The molecule has 1 aromatic carbocycles. The molecule has 4 N–H and O–H groups in total. The monoisotopic (exact) mass is 283 g/mol. The summed E-state index contributed by atoms with van der Waals surface area (Å²) in [5.74, 6) is -1.72. The molecule has 5 nitrogen and oxygen atoms in total. The highest BCUT2D eigenvalue weighted by molar-refractivity contribution is 5.94. The van der Waals surface area contributed by atoms with Gasteiger partial charge < -0.3 is 21.1 Å². The number of benzene rings is 1. The molecule has 0 aliphatic heterocycles. The zero-order valence-corrected chi connectivity index (χ0v) is 12.3. The number of aromatic carboxylic acids is 1. The minimum atomic E-state index is -1.17. The Labute approximate surface area is 118 Å². The van der Waals surface area contributed by atoms with Gasteiger partial charge in [0.1, 0.15) is 5.82 Å². The molecule has 0 aromatic heterocycles. The van der Waals surface area contributed by atoms with Gasteiger partial charge in [-0.05, 0) is 31.6 Å². The molecule has 0 spiro atoms. The molecule has 1 aromatic rings. The molecule has 0 atom stereocenters. The summed E-state index contributed by atoms with van der Waals surface area (Å²) in [6.45, 7) is 5.44. The second kappa shape index (κ2) is 6.09. The largest absolute Gasteiger partial charge is 0.478 e. The standard InChI is InChI=1S/C14H22FN3O2/c1-14(2,8-18(3)4)7-17-12-5-9(13(19)20)11(16)6-10(12)15/h5-6,17H,7-8,16H2,1-4H3,(H,19,20). The molecule has 0 radical (unpaired) electrons. The van der Waals surface area contributed by atoms with E-state index in [4.69, 9.17) is 10.8 Å². The summed E-state index contributed by atoms with van der Waals surface area (Å²) in [5.41, 5.74) is 5.38. The fourth-order valence-electron chi connectivity index (χ4n) is 2.16. The molecule has 0 heterocycles. The van der Waals surface area contributed by atoms with Gasteiger partial charge in [-0.15, -0.1) is 0 Å². The third-order valence-corrected chi connectivity index (χ3v) is 2.87. The maximum Gasteiger partial charge on any atom is 0.337 e. The fraction of sp³-hybridized carbons (Fsp3) is 0.500. The van der Waals surface area contributed by atoms with Crippen molar-refractivity contribution >= 4 is 17.3 Å². The topological polar surface area (TPSA) is 78.6 Å². The molecule has 0 bridgehead atoms. The summed E-state index contributed by atoms with van der Waals surface area (Å²) < 4.78 is 13.8. The van der Waals surface area contributed by atoms with Crippen LogP contribution in [0.25, 0.3) is 0 Å². The first kappa shape index (κ1) is 16.2. The summed E-state index contributed by atoms with van der Waals surface area (Å²) in [6.07, 6.45) is 0. The van der Waals surface area contributed by atoms with Gasteiger partial charge in [0.2, 0.25) is 0 Å². The lowest BCUT2D eigenvalue weighted by Crippen LogP contribution is -2.34. The van der Waals surface area contributed by atoms with Gasteiger partial charge in [0.05, 0.1) is 11.3 Å². The van der Waals surface area contributed by atoms with Gasteiger partial charge in [-0.3, -0.25) is 0 Å². The van der Waals surface area contributed by atoms with E-state index in [1.807, 2.05) is 32.8 Å². The molecule has 0 amide bonds. The van der Waals surface area contributed by atoms with Crippen molar-refractivity contribution in [3.05, 3.63) is 23.5 Å². The van der Waals surface area contributed by atoms with Crippen LogP contribution in [0.5, 0.6) is 0 Å². The van der Waals surface area contributed by atoms with Crippen molar-refractivity contribution in [2.24, 2.45) is 5.41 Å². The average Bonchev–Trinajstić information content (AvgIpc) is 2.25. The van der Waals surface area contributed by atoms with Crippen LogP contribution in [0.15, 0.2) is 12.1 Å². The normalized spacial score (nSPS) is 11.7. The van der Waals surface area contributed by atoms with E-state index < -0.39 is 11.8 Å². The van der Waals surface area contributed by atoms with Crippen LogP contribution >= 0.6 is 0 Å². The van der Waals surface area contributed by atoms with E-state index in [1.165, 1.54) is 6.07 Å². The first-order valence-corrected chi connectivity index (χ1v) is 6.33. The zero-order valence-electron chi connectivity index (χ0n) is 12.3. The summed E-state index contributed by atoms with van der Waals surface area (Å²) in [5, 5.41) is 12.0. The predicted octanol–water partition coefficient (Wildman–Crippen LogP) is 2.11. The Hall–Kier alpha value is -1.82. The number of nitrogens with one attached hydrogen (secondary N) is 1. The third kappa shape index (κ3) is 4.38. The van der Waals surface area contributed by atoms with E-state index in [2.05, 4.69) is 5.32 Å². The average molecular weight is 283 g/mol. The molecule has 0 saturated heterocycles. The van der Waals surface area contributed by atoms with Gasteiger partial charge >= 0.3 is 5.97 Å². The molecular weight excluding hydrogens is 261 g/mol. The molecule has 20 heavy (non-hydrogen) atoms. The lowest BCUT2D eigenvalue weighted by Gasteiger charge is -2.29. The van der Waals surface area contributed by atoms with Gasteiger partial charge in [0.15, 0.2) is 0 Å². The number of anilines is 2. The second-order valence-electron chi connectivity index (χ2n) is 5.98. The summed E-state index contributed by atoms with van der Waals surface area (Å²) in [4.78, 5) is 13.0. The van der Waals surface area contributed by atoms with Crippen molar-refractivity contribution in [3.63, 3.8) is 0 Å². The van der Waals surface area contributed by atoms with Gasteiger partial charge in [-0.25, -0.2) is 9.18 Å². The Bertz CT molecular complexity index is 501. The molecule has 0 aliphatic rings. The summed E-state index contributed by atoms with van der Waals surface area (Å²) in [6, 6.07) is 2.27. The molecule has 1 rings (SSSR count). The highest BCUT2D eigenvalue weighted by Gasteiger charge is 2.20. The van der Waals surface area contributed by atoms with Gasteiger partial charge in [-0.1, -0.05) is 13.8 Å². The number of carbonyl (C=O) groups is 1. The Morgan fingerprint density at radius 1 is 1.45 bits per heavy atom. The molecule has 6 heteroatoms. The smallest absolute Gasteiger partial charge is 0.337 e. The molecule has 112 valence electrons. The molecule has 0 unspecified atom stereocenters. The van der Waals surface area contributed by atoms with Crippen molar-refractivity contribution in [1.82, 2.24) is 4.90 Å². The number of hydrogen-bond donors (Lipinski definition) is 3. The van der Waals surface area contributed by atoms with Gasteiger partial charge in [-0.2, -0.15) is 0 Å². The number of halogens is 1. The number of nitrogen functional groups attached to an aromatic ring is 1. The lowest BCUT2D eigenvalue weighted by atomic mass is 9.93. The van der Waals surface area contributed by atoms with E-state index in [-0.39, 0.29) is 22.4 Å². The summed E-state index contributed by atoms with van der Waals surface area (Å²) >= 11 is 0. The Kier molecular flexibility index (Phi) is 4.94. The number of nitrogens with two attached hydrogens (primary N) is 1. The van der Waals surface area contributed by atoms with Crippen molar-refractivity contribution in [1.29, 1.82) is 0 Å². The second-order valence-corrected chi connectivity index (χ2v) is 5.98. The highest BCUT2D eigenvalue weighted by Crippen LogP contribution is 2.24.